The van der Waals surface area contributed by atoms with E-state index >= 15 is 0 Å². The number of hydrogen-bond acceptors (Lipinski definition) is 6. The average molecular weight is 505 g/mol. The van der Waals surface area contributed by atoms with Gasteiger partial charge in [-0.1, -0.05) is 12.1 Å². The number of aromatic nitrogens is 2. The molecule has 1 aromatic carbocycles. The normalized spacial score (nSPS) is 19.3. The molecule has 160 valence electrons. The molecule has 2 N–H and O–H groups in total. The van der Waals surface area contributed by atoms with Crippen molar-refractivity contribution in [3.8, 4) is 0 Å². The van der Waals surface area contributed by atoms with Gasteiger partial charge in [-0.2, -0.15) is 4.98 Å². The molecular weight excluding hydrogens is 478 g/mol. The maximum absolute atomic E-state index is 12.6. The van der Waals surface area contributed by atoms with Gasteiger partial charge in [-0.3, -0.25) is 0 Å². The van der Waals surface area contributed by atoms with Crippen LogP contribution in [-0.2, 0) is 10.0 Å². The van der Waals surface area contributed by atoms with E-state index in [-0.39, 0.29) is 29.4 Å². The van der Waals surface area contributed by atoms with Gasteiger partial charge in [0.1, 0.15) is 5.82 Å². The zero-order chi connectivity index (χ0) is 20.3. The Balaban J connectivity index is 0.00000300. The third kappa shape index (κ3) is 6.04. The predicted octanol–water partition coefficient (Wildman–Crippen LogP) is 3.74. The largest absolute Gasteiger partial charge is 0.362 e. The van der Waals surface area contributed by atoms with Crippen LogP contribution in [0.25, 0.3) is 0 Å². The monoisotopic (exact) mass is 503 g/mol. The van der Waals surface area contributed by atoms with Crippen LogP contribution in [0.4, 0.5) is 11.8 Å². The molecule has 1 saturated carbocycles. The zero-order valence-corrected chi connectivity index (χ0v) is 19.9. The summed E-state index contributed by atoms with van der Waals surface area (Å²) in [4.78, 5) is 11.2. The predicted molar refractivity (Wildman–Crippen MR) is 122 cm³/mol. The number of rotatable bonds is 6. The molecule has 29 heavy (non-hydrogen) atoms. The van der Waals surface area contributed by atoms with Gasteiger partial charge in [-0.05, 0) is 60.7 Å². The van der Waals surface area contributed by atoms with Crippen molar-refractivity contribution in [3.05, 3.63) is 40.5 Å². The van der Waals surface area contributed by atoms with Crippen LogP contribution in [0.3, 0.4) is 0 Å². The molecule has 7 nitrogen and oxygen atoms in total. The third-order valence-electron chi connectivity index (χ3n) is 4.88. The topological polar surface area (TPSA) is 87.2 Å². The van der Waals surface area contributed by atoms with Gasteiger partial charge in [0.05, 0.1) is 4.90 Å². The molecule has 0 spiro atoms. The molecule has 1 aliphatic carbocycles. The summed E-state index contributed by atoms with van der Waals surface area (Å²) in [6.45, 7) is 1.99. The zero-order valence-electron chi connectivity index (χ0n) is 16.7. The van der Waals surface area contributed by atoms with Crippen molar-refractivity contribution in [3.63, 3.8) is 0 Å². The SMILES string of the molecule is Cc1cnc(NC2CCC(NS(=O)(=O)c3ccccc3Br)CC2)nc1N(C)C.Cl. The van der Waals surface area contributed by atoms with E-state index in [1.807, 2.05) is 32.1 Å². The van der Waals surface area contributed by atoms with Crippen LogP contribution in [0.1, 0.15) is 31.2 Å². The van der Waals surface area contributed by atoms with Gasteiger partial charge >= 0.3 is 0 Å². The lowest BCUT2D eigenvalue weighted by Crippen LogP contribution is -2.40. The summed E-state index contributed by atoms with van der Waals surface area (Å²) in [7, 11) is 0.385. The molecule has 2 aromatic rings. The van der Waals surface area contributed by atoms with E-state index in [4.69, 9.17) is 0 Å². The molecule has 0 bridgehead atoms. The Kier molecular flexibility index (Phi) is 8.28. The minimum Gasteiger partial charge on any atom is -0.362 e. The first-order valence-electron chi connectivity index (χ1n) is 9.30. The fourth-order valence-corrected chi connectivity index (χ4v) is 5.75. The van der Waals surface area contributed by atoms with Crippen molar-refractivity contribution in [2.24, 2.45) is 0 Å². The first-order chi connectivity index (χ1) is 13.3. The molecule has 1 aromatic heterocycles. The molecule has 0 radical (unpaired) electrons. The number of halogens is 2. The highest BCUT2D eigenvalue weighted by Crippen LogP contribution is 2.26. The molecule has 0 aliphatic heterocycles. The minimum atomic E-state index is -3.53. The minimum absolute atomic E-state index is 0. The Hall–Kier alpha value is -1.42. The number of nitrogens with zero attached hydrogens (tertiary/aromatic N) is 3. The van der Waals surface area contributed by atoms with Gasteiger partial charge in [-0.25, -0.2) is 18.1 Å². The van der Waals surface area contributed by atoms with E-state index in [0.29, 0.717) is 10.4 Å². The number of anilines is 2. The lowest BCUT2D eigenvalue weighted by Gasteiger charge is -2.29. The van der Waals surface area contributed by atoms with Crippen LogP contribution in [0.15, 0.2) is 39.8 Å². The van der Waals surface area contributed by atoms with Gasteiger partial charge in [0.25, 0.3) is 0 Å². The van der Waals surface area contributed by atoms with E-state index in [1.54, 1.807) is 24.3 Å². The molecule has 10 heteroatoms. The molecule has 0 atom stereocenters. The second-order valence-electron chi connectivity index (χ2n) is 7.34. The third-order valence-corrected chi connectivity index (χ3v) is 7.41. The highest BCUT2D eigenvalue weighted by Gasteiger charge is 2.27. The van der Waals surface area contributed by atoms with Crippen LogP contribution < -0.4 is 14.9 Å². The van der Waals surface area contributed by atoms with E-state index in [9.17, 15) is 8.42 Å². The molecule has 0 saturated heterocycles. The van der Waals surface area contributed by atoms with Gasteiger partial charge in [-0.15, -0.1) is 12.4 Å². The second kappa shape index (κ2) is 10.1. The van der Waals surface area contributed by atoms with Gasteiger partial charge in [0, 0.05) is 42.4 Å². The Labute approximate surface area is 187 Å². The number of nitrogens with one attached hydrogen (secondary N) is 2. The first-order valence-corrected chi connectivity index (χ1v) is 11.6. The quantitative estimate of drug-likeness (QED) is 0.623. The lowest BCUT2D eigenvalue weighted by atomic mass is 9.92. The van der Waals surface area contributed by atoms with Crippen molar-refractivity contribution in [1.29, 1.82) is 0 Å². The Morgan fingerprint density at radius 3 is 2.34 bits per heavy atom. The highest BCUT2D eigenvalue weighted by molar-refractivity contribution is 9.10. The second-order valence-corrected chi connectivity index (χ2v) is 9.88. The van der Waals surface area contributed by atoms with Crippen molar-refractivity contribution in [2.45, 2.75) is 49.6 Å². The van der Waals surface area contributed by atoms with Crippen LogP contribution in [0, 0.1) is 6.92 Å². The van der Waals surface area contributed by atoms with Crippen molar-refractivity contribution >= 4 is 50.1 Å². The number of aryl methyl sites for hydroxylation is 1. The highest BCUT2D eigenvalue weighted by atomic mass is 79.9. The summed E-state index contributed by atoms with van der Waals surface area (Å²) in [6.07, 6.45) is 5.08. The van der Waals surface area contributed by atoms with Gasteiger partial charge in [0.2, 0.25) is 16.0 Å². The molecule has 1 fully saturated rings. The van der Waals surface area contributed by atoms with E-state index in [1.165, 1.54) is 0 Å². The number of sulfonamides is 1. The summed E-state index contributed by atoms with van der Waals surface area (Å²) in [6, 6.07) is 7.04. The Bertz CT molecular complexity index is 934. The van der Waals surface area contributed by atoms with Crippen LogP contribution in [-0.4, -0.2) is 44.6 Å². The number of hydrogen-bond donors (Lipinski definition) is 2. The maximum Gasteiger partial charge on any atom is 0.241 e. The van der Waals surface area contributed by atoms with Crippen molar-refractivity contribution < 1.29 is 8.42 Å². The van der Waals surface area contributed by atoms with Crippen molar-refractivity contribution in [2.75, 3.05) is 24.3 Å². The maximum atomic E-state index is 12.6. The summed E-state index contributed by atoms with van der Waals surface area (Å²) in [5.74, 6) is 1.51. The van der Waals surface area contributed by atoms with E-state index < -0.39 is 10.0 Å². The standard InChI is InChI=1S/C19H26BrN5O2S.ClH/c1-13-12-21-19(23-18(13)25(2)3)22-14-8-10-15(11-9-14)24-28(26,27)17-7-5-4-6-16(17)20;/h4-7,12,14-15,24H,8-11H2,1-3H3,(H,21,22,23);1H. The average Bonchev–Trinajstić information content (AvgIpc) is 2.64. The van der Waals surface area contributed by atoms with Crippen LogP contribution in [0.5, 0.6) is 0 Å². The molecule has 1 heterocycles. The Morgan fingerprint density at radius 2 is 1.72 bits per heavy atom. The molecule has 0 unspecified atom stereocenters. The number of benzene rings is 1. The molecule has 1 aliphatic rings. The van der Waals surface area contributed by atoms with Crippen LogP contribution >= 0.6 is 28.3 Å². The molecule has 0 amide bonds. The molecule has 3 rings (SSSR count). The summed E-state index contributed by atoms with van der Waals surface area (Å²) < 4.78 is 28.7. The van der Waals surface area contributed by atoms with Crippen LogP contribution in [0.2, 0.25) is 0 Å². The Morgan fingerprint density at radius 1 is 1.10 bits per heavy atom. The summed E-state index contributed by atoms with van der Waals surface area (Å²) >= 11 is 3.32. The van der Waals surface area contributed by atoms with Crippen molar-refractivity contribution in [1.82, 2.24) is 14.7 Å². The summed E-state index contributed by atoms with van der Waals surface area (Å²) in [5.41, 5.74) is 1.03. The first kappa shape index (κ1) is 23.9. The fourth-order valence-electron chi connectivity index (χ4n) is 3.44. The van der Waals surface area contributed by atoms with E-state index in [0.717, 1.165) is 37.1 Å². The smallest absolute Gasteiger partial charge is 0.241 e. The van der Waals surface area contributed by atoms with E-state index in [2.05, 4.69) is 35.9 Å². The van der Waals surface area contributed by atoms with Gasteiger partial charge < -0.3 is 10.2 Å². The fraction of sp³-hybridized carbons (Fsp3) is 0.474. The summed E-state index contributed by atoms with van der Waals surface area (Å²) in [5, 5.41) is 3.39. The van der Waals surface area contributed by atoms with Gasteiger partial charge in [0.15, 0.2) is 0 Å². The lowest BCUT2D eigenvalue weighted by molar-refractivity contribution is 0.386. The molecular formula is C19H27BrClN5O2S.